The highest BCUT2D eigenvalue weighted by molar-refractivity contribution is 5.86. The van der Waals surface area contributed by atoms with Crippen LogP contribution < -0.4 is 15.3 Å². The summed E-state index contributed by atoms with van der Waals surface area (Å²) in [5.41, 5.74) is 4.93. The van der Waals surface area contributed by atoms with Gasteiger partial charge in [-0.15, -0.1) is 0 Å². The Bertz CT molecular complexity index is 1040. The SMILES string of the molecule is C[C@@H](c1ccccc1)[NH+]1COc2ccc3c4c(c(=O)oc3c2C1)CCC4. The lowest BCUT2D eigenvalue weighted by molar-refractivity contribution is -0.960. The number of benzene rings is 2. The zero-order valence-electron chi connectivity index (χ0n) is 14.9. The largest absolute Gasteiger partial charge is 0.445 e. The molecule has 26 heavy (non-hydrogen) atoms. The maximum atomic E-state index is 12.4. The number of rotatable bonds is 2. The monoisotopic (exact) mass is 348 g/mol. The van der Waals surface area contributed by atoms with E-state index in [2.05, 4.69) is 37.3 Å². The van der Waals surface area contributed by atoms with Gasteiger partial charge in [0.15, 0.2) is 5.58 Å². The van der Waals surface area contributed by atoms with Crippen LogP contribution in [0.25, 0.3) is 11.0 Å². The molecular weight excluding hydrogens is 326 g/mol. The summed E-state index contributed by atoms with van der Waals surface area (Å²) in [6.45, 7) is 3.63. The fraction of sp³-hybridized carbons (Fsp3) is 0.318. The minimum absolute atomic E-state index is 0.165. The number of quaternary nitrogens is 1. The molecule has 0 fully saturated rings. The second kappa shape index (κ2) is 5.99. The Labute approximate surface area is 152 Å². The Morgan fingerprint density at radius 2 is 1.81 bits per heavy atom. The molecule has 0 saturated carbocycles. The van der Waals surface area contributed by atoms with Gasteiger partial charge in [0.2, 0.25) is 6.73 Å². The van der Waals surface area contributed by atoms with Crippen molar-refractivity contribution in [2.75, 3.05) is 6.73 Å². The third-order valence-corrected chi connectivity index (χ3v) is 5.93. The average Bonchev–Trinajstić information content (AvgIpc) is 3.18. The third kappa shape index (κ3) is 2.36. The van der Waals surface area contributed by atoms with Crippen molar-refractivity contribution in [1.82, 2.24) is 0 Å². The van der Waals surface area contributed by atoms with Gasteiger partial charge in [0.1, 0.15) is 18.3 Å². The van der Waals surface area contributed by atoms with Crippen LogP contribution in [-0.2, 0) is 19.4 Å². The van der Waals surface area contributed by atoms with Crippen molar-refractivity contribution in [2.24, 2.45) is 0 Å². The minimum Gasteiger partial charge on any atom is -0.445 e. The lowest BCUT2D eigenvalue weighted by atomic mass is 10.0. The lowest BCUT2D eigenvalue weighted by Gasteiger charge is -2.31. The molecular formula is C22H22NO3+. The summed E-state index contributed by atoms with van der Waals surface area (Å²) in [6, 6.07) is 14.9. The minimum atomic E-state index is -0.165. The third-order valence-electron chi connectivity index (χ3n) is 5.93. The van der Waals surface area contributed by atoms with E-state index in [0.29, 0.717) is 12.8 Å². The quantitative estimate of drug-likeness (QED) is 0.724. The van der Waals surface area contributed by atoms with Crippen molar-refractivity contribution in [3.8, 4) is 5.75 Å². The summed E-state index contributed by atoms with van der Waals surface area (Å²) >= 11 is 0. The second-order valence-electron chi connectivity index (χ2n) is 7.38. The Morgan fingerprint density at radius 3 is 2.65 bits per heavy atom. The number of nitrogens with one attached hydrogen (secondary N) is 1. The summed E-state index contributed by atoms with van der Waals surface area (Å²) < 4.78 is 11.8. The maximum absolute atomic E-state index is 12.4. The van der Waals surface area contributed by atoms with Crippen molar-refractivity contribution >= 4 is 11.0 Å². The Kier molecular flexibility index (Phi) is 3.61. The highest BCUT2D eigenvalue weighted by atomic mass is 16.5. The molecule has 0 amide bonds. The molecule has 4 heteroatoms. The smallest absolute Gasteiger partial charge is 0.339 e. The van der Waals surface area contributed by atoms with Gasteiger partial charge in [-0.3, -0.25) is 4.90 Å². The molecule has 2 atom stereocenters. The molecule has 2 aromatic carbocycles. The Hall–Kier alpha value is -2.59. The van der Waals surface area contributed by atoms with Crippen molar-refractivity contribution in [3.63, 3.8) is 0 Å². The van der Waals surface area contributed by atoms with E-state index >= 15 is 0 Å². The van der Waals surface area contributed by atoms with Gasteiger partial charge in [-0.2, -0.15) is 0 Å². The van der Waals surface area contributed by atoms with E-state index < -0.39 is 0 Å². The van der Waals surface area contributed by atoms with Crippen molar-refractivity contribution in [3.05, 3.63) is 75.1 Å². The highest BCUT2D eigenvalue weighted by Crippen LogP contribution is 2.34. The van der Waals surface area contributed by atoms with Crippen LogP contribution in [0.4, 0.5) is 0 Å². The highest BCUT2D eigenvalue weighted by Gasteiger charge is 2.30. The van der Waals surface area contributed by atoms with Crippen LogP contribution in [0.3, 0.4) is 0 Å². The van der Waals surface area contributed by atoms with Crippen LogP contribution in [-0.4, -0.2) is 6.73 Å². The zero-order valence-corrected chi connectivity index (χ0v) is 14.9. The van der Waals surface area contributed by atoms with Gasteiger partial charge in [0, 0.05) is 16.5 Å². The first-order valence-corrected chi connectivity index (χ1v) is 9.35. The molecule has 2 heterocycles. The van der Waals surface area contributed by atoms with Gasteiger partial charge in [-0.25, -0.2) is 4.79 Å². The van der Waals surface area contributed by atoms with E-state index in [1.54, 1.807) is 0 Å². The summed E-state index contributed by atoms with van der Waals surface area (Å²) in [5, 5.41) is 1.09. The fourth-order valence-electron chi connectivity index (χ4n) is 4.39. The van der Waals surface area contributed by atoms with E-state index in [-0.39, 0.29) is 5.63 Å². The van der Waals surface area contributed by atoms with E-state index in [1.165, 1.54) is 16.0 Å². The Morgan fingerprint density at radius 1 is 1.00 bits per heavy atom. The summed E-state index contributed by atoms with van der Waals surface area (Å²) in [5.74, 6) is 0.850. The van der Waals surface area contributed by atoms with E-state index in [0.717, 1.165) is 53.7 Å². The van der Waals surface area contributed by atoms with Crippen LogP contribution >= 0.6 is 0 Å². The van der Waals surface area contributed by atoms with Crippen LogP contribution in [0.15, 0.2) is 51.7 Å². The van der Waals surface area contributed by atoms with E-state index in [9.17, 15) is 4.79 Å². The second-order valence-corrected chi connectivity index (χ2v) is 7.38. The van der Waals surface area contributed by atoms with Gasteiger partial charge in [0.05, 0.1) is 5.56 Å². The van der Waals surface area contributed by atoms with Crippen molar-refractivity contribution < 1.29 is 14.1 Å². The molecule has 0 saturated heterocycles. The van der Waals surface area contributed by atoms with Gasteiger partial charge in [-0.05, 0) is 43.9 Å². The molecule has 1 unspecified atom stereocenters. The molecule has 4 nitrogen and oxygen atoms in total. The first kappa shape index (κ1) is 15.6. The van der Waals surface area contributed by atoms with Crippen LogP contribution in [0.5, 0.6) is 5.75 Å². The molecule has 0 radical (unpaired) electrons. The molecule has 132 valence electrons. The number of hydrogen-bond donors (Lipinski definition) is 1. The maximum Gasteiger partial charge on any atom is 0.339 e. The molecule has 3 aromatic rings. The van der Waals surface area contributed by atoms with Gasteiger partial charge >= 0.3 is 5.63 Å². The molecule has 2 aliphatic rings. The van der Waals surface area contributed by atoms with Crippen molar-refractivity contribution in [1.29, 1.82) is 0 Å². The summed E-state index contributed by atoms with van der Waals surface area (Å²) in [6.07, 6.45) is 2.84. The molecule has 1 aliphatic heterocycles. The van der Waals surface area contributed by atoms with E-state index in [4.69, 9.17) is 9.15 Å². The summed E-state index contributed by atoms with van der Waals surface area (Å²) in [4.78, 5) is 13.8. The van der Waals surface area contributed by atoms with Crippen LogP contribution in [0, 0.1) is 0 Å². The predicted octanol–water partition coefficient (Wildman–Crippen LogP) is 2.78. The molecule has 5 rings (SSSR count). The summed E-state index contributed by atoms with van der Waals surface area (Å²) in [7, 11) is 0. The number of aryl methyl sites for hydroxylation is 1. The zero-order chi connectivity index (χ0) is 17.7. The molecule has 1 N–H and O–H groups in total. The normalized spacial score (nSPS) is 19.7. The first-order valence-electron chi connectivity index (χ1n) is 9.35. The standard InChI is InChI=1S/C22H21NO3/c1-14(15-6-3-2-4-7-15)23-12-19-20(25-13-23)11-10-17-16-8-5-9-18(16)22(24)26-21(17)19/h2-4,6-7,10-11,14H,5,8-9,12-13H2,1H3/p+1/t14-/m0/s1. The Balaban J connectivity index is 1.59. The number of hydrogen-bond acceptors (Lipinski definition) is 3. The first-order chi connectivity index (χ1) is 12.7. The topological polar surface area (TPSA) is 43.9 Å². The van der Waals surface area contributed by atoms with Crippen molar-refractivity contribution in [2.45, 2.75) is 38.8 Å². The number of ether oxygens (including phenoxy) is 1. The predicted molar refractivity (Wildman–Crippen MR) is 99.5 cm³/mol. The molecule has 0 spiro atoms. The van der Waals surface area contributed by atoms with Gasteiger partial charge in [0.25, 0.3) is 0 Å². The average molecular weight is 348 g/mol. The molecule has 1 aliphatic carbocycles. The molecule has 0 bridgehead atoms. The van der Waals surface area contributed by atoms with Crippen LogP contribution in [0.2, 0.25) is 0 Å². The lowest BCUT2D eigenvalue weighted by Crippen LogP contribution is -3.12. The van der Waals surface area contributed by atoms with Gasteiger partial charge < -0.3 is 9.15 Å². The van der Waals surface area contributed by atoms with E-state index in [1.807, 2.05) is 12.1 Å². The van der Waals surface area contributed by atoms with Gasteiger partial charge in [-0.1, -0.05) is 30.3 Å². The fourth-order valence-corrected chi connectivity index (χ4v) is 4.39. The number of fused-ring (bicyclic) bond motifs is 5. The molecule has 1 aromatic heterocycles. The van der Waals surface area contributed by atoms with Crippen LogP contribution in [0.1, 0.15) is 41.6 Å².